The van der Waals surface area contributed by atoms with Gasteiger partial charge in [-0.3, -0.25) is 14.4 Å². The lowest BCUT2D eigenvalue weighted by atomic mass is 9.79. The molecule has 4 aliphatic rings. The third-order valence-electron chi connectivity index (χ3n) is 10.2. The first-order valence-corrected chi connectivity index (χ1v) is 17.2. The van der Waals surface area contributed by atoms with Crippen LogP contribution in [-0.4, -0.2) is 113 Å². The number of nitrogens with one attached hydrogen (secondary N) is 3. The number of benzene rings is 2. The third-order valence-corrected chi connectivity index (χ3v) is 10.2. The third kappa shape index (κ3) is 6.43. The molecule has 17 nitrogen and oxygen atoms in total. The van der Waals surface area contributed by atoms with E-state index in [1.54, 1.807) is 36.4 Å². The van der Waals surface area contributed by atoms with E-state index < -0.39 is 53.4 Å². The first kappa shape index (κ1) is 36.7. The van der Waals surface area contributed by atoms with Gasteiger partial charge >= 0.3 is 5.97 Å². The van der Waals surface area contributed by atoms with E-state index in [0.29, 0.717) is 23.7 Å². The zero-order valence-corrected chi connectivity index (χ0v) is 29.6. The smallest absolute Gasteiger partial charge is 0.323 e. The van der Waals surface area contributed by atoms with E-state index in [1.165, 1.54) is 4.90 Å². The molecule has 5 atom stereocenters. The summed E-state index contributed by atoms with van der Waals surface area (Å²) < 4.78 is 16.7. The summed E-state index contributed by atoms with van der Waals surface area (Å²) >= 11 is 0. The van der Waals surface area contributed by atoms with Gasteiger partial charge in [0.1, 0.15) is 42.8 Å². The highest BCUT2D eigenvalue weighted by Crippen LogP contribution is 2.45. The Kier molecular flexibility index (Phi) is 9.71. The number of aliphatic imine (C=N–C) groups is 2. The second-order valence-corrected chi connectivity index (χ2v) is 14.5. The molecule has 1 unspecified atom stereocenters. The lowest BCUT2D eigenvalue weighted by Crippen LogP contribution is -2.78. The van der Waals surface area contributed by atoms with Gasteiger partial charge in [0.15, 0.2) is 17.6 Å². The van der Waals surface area contributed by atoms with Crippen molar-refractivity contribution in [2.75, 3.05) is 32.9 Å². The van der Waals surface area contributed by atoms with Crippen LogP contribution in [0.3, 0.4) is 0 Å². The molecule has 0 aliphatic carbocycles. The molecule has 52 heavy (non-hydrogen) atoms. The number of rotatable bonds is 11. The van der Waals surface area contributed by atoms with Crippen molar-refractivity contribution in [1.29, 1.82) is 0 Å². The van der Waals surface area contributed by atoms with Crippen LogP contribution in [0.15, 0.2) is 52.4 Å². The lowest BCUT2D eigenvalue weighted by Gasteiger charge is -2.49. The van der Waals surface area contributed by atoms with Crippen LogP contribution < -0.4 is 42.6 Å². The SMILES string of the molecule is CC(C)[C@H](N)C(=O)OCCOc1ccc(C(=O)NC[C@@H]2N=C(N)N3CC(NC(=O)c4cccc5c4OCCC5(C)C)C(O)(O)[C@@]34NC(N)=N[C@@H]24)cc1. The van der Waals surface area contributed by atoms with Crippen molar-refractivity contribution in [3.8, 4) is 11.5 Å². The minimum absolute atomic E-state index is 0.0206. The largest absolute Gasteiger partial charge is 0.492 e. The zero-order chi connectivity index (χ0) is 37.6. The predicted octanol–water partition coefficient (Wildman–Crippen LogP) is -1.14. The first-order chi connectivity index (χ1) is 24.6. The number of fused-ring (bicyclic) bond motifs is 1. The molecule has 4 heterocycles. The number of aliphatic hydroxyl groups is 2. The van der Waals surface area contributed by atoms with Crippen LogP contribution in [0.5, 0.6) is 11.5 Å². The Balaban J connectivity index is 1.11. The van der Waals surface area contributed by atoms with Crippen LogP contribution >= 0.6 is 0 Å². The van der Waals surface area contributed by atoms with Crippen LogP contribution in [0.1, 0.15) is 60.4 Å². The van der Waals surface area contributed by atoms with Gasteiger partial charge in [-0.2, -0.15) is 0 Å². The molecule has 2 aromatic carbocycles. The number of amides is 2. The maximum Gasteiger partial charge on any atom is 0.323 e. The number of para-hydroxylation sites is 1. The second kappa shape index (κ2) is 13.8. The molecule has 1 saturated heterocycles. The summed E-state index contributed by atoms with van der Waals surface area (Å²) in [5.74, 6) is -3.43. The van der Waals surface area contributed by atoms with Gasteiger partial charge in [-0.25, -0.2) is 9.98 Å². The zero-order valence-electron chi connectivity index (χ0n) is 29.6. The van der Waals surface area contributed by atoms with Crippen molar-refractivity contribution >= 4 is 29.7 Å². The molecule has 0 radical (unpaired) electrons. The quantitative estimate of drug-likeness (QED) is 0.0776. The minimum Gasteiger partial charge on any atom is -0.492 e. The van der Waals surface area contributed by atoms with E-state index in [-0.39, 0.29) is 55.1 Å². The Morgan fingerprint density at radius 2 is 1.81 bits per heavy atom. The summed E-state index contributed by atoms with van der Waals surface area (Å²) in [7, 11) is 0. The molecular weight excluding hydrogens is 674 g/mol. The summed E-state index contributed by atoms with van der Waals surface area (Å²) in [6.45, 7) is 8.15. The number of hydrogen-bond donors (Lipinski definition) is 8. The monoisotopic (exact) mass is 721 g/mol. The van der Waals surface area contributed by atoms with E-state index >= 15 is 0 Å². The first-order valence-electron chi connectivity index (χ1n) is 17.2. The van der Waals surface area contributed by atoms with Crippen molar-refractivity contribution < 1.29 is 38.8 Å². The van der Waals surface area contributed by atoms with Crippen molar-refractivity contribution in [2.24, 2.45) is 33.1 Å². The van der Waals surface area contributed by atoms with E-state index in [0.717, 1.165) is 12.0 Å². The fourth-order valence-electron chi connectivity index (χ4n) is 7.11. The molecule has 2 amide bonds. The highest BCUT2D eigenvalue weighted by molar-refractivity contribution is 5.98. The van der Waals surface area contributed by atoms with Crippen LogP contribution in [0, 0.1) is 5.92 Å². The molecule has 0 saturated carbocycles. The summed E-state index contributed by atoms with van der Waals surface area (Å²) in [5.41, 5.74) is 17.8. The van der Waals surface area contributed by atoms with Crippen molar-refractivity contribution in [2.45, 2.75) is 75.1 Å². The molecule has 17 heteroatoms. The number of hydrogen-bond acceptors (Lipinski definition) is 15. The maximum absolute atomic E-state index is 13.7. The molecule has 2 aromatic rings. The van der Waals surface area contributed by atoms with Gasteiger partial charge in [0.2, 0.25) is 5.79 Å². The van der Waals surface area contributed by atoms with E-state index in [2.05, 4.69) is 39.8 Å². The summed E-state index contributed by atoms with van der Waals surface area (Å²) in [4.78, 5) is 49.2. The van der Waals surface area contributed by atoms with Gasteiger partial charge in [-0.05, 0) is 48.1 Å². The molecule has 1 fully saturated rings. The van der Waals surface area contributed by atoms with Gasteiger partial charge in [0.05, 0.1) is 18.2 Å². The van der Waals surface area contributed by atoms with Crippen molar-refractivity contribution in [3.63, 3.8) is 0 Å². The van der Waals surface area contributed by atoms with Crippen molar-refractivity contribution in [3.05, 3.63) is 59.2 Å². The average molecular weight is 722 g/mol. The predicted molar refractivity (Wildman–Crippen MR) is 189 cm³/mol. The molecule has 1 spiro atoms. The van der Waals surface area contributed by atoms with Gasteiger partial charge in [-0.15, -0.1) is 0 Å². The summed E-state index contributed by atoms with van der Waals surface area (Å²) in [5, 5.41) is 32.2. The second-order valence-electron chi connectivity index (χ2n) is 14.5. The van der Waals surface area contributed by atoms with Crippen LogP contribution in [0.4, 0.5) is 0 Å². The topological polar surface area (TPSA) is 261 Å². The highest BCUT2D eigenvalue weighted by atomic mass is 16.6. The maximum atomic E-state index is 13.7. The molecule has 0 bridgehead atoms. The van der Waals surface area contributed by atoms with Crippen LogP contribution in [0.25, 0.3) is 0 Å². The van der Waals surface area contributed by atoms with Crippen LogP contribution in [0.2, 0.25) is 0 Å². The number of nitrogens with zero attached hydrogens (tertiary/aromatic N) is 3. The van der Waals surface area contributed by atoms with E-state index in [1.807, 2.05) is 19.9 Å². The number of guanidine groups is 2. The van der Waals surface area contributed by atoms with Gasteiger partial charge < -0.3 is 62.5 Å². The minimum atomic E-state index is -2.66. The van der Waals surface area contributed by atoms with E-state index in [9.17, 15) is 24.6 Å². The standard InChI is InChI=1S/C35H47N9O8/c1-18(2)25(36)30(47)52-15-14-50-20-10-8-19(9-11-20)28(45)39-16-23-27-34(43-31(37)42-27)35(48,49)24(17-44(34)32(38)40-23)41-29(46)21-6-5-7-22-26(21)51-13-12-33(22,3)4/h5-11,18,23-25,27,48-49H,12-17,36H2,1-4H3,(H2,38,40)(H,39,45)(H,41,46)(H3,37,42,43)/t23-,24?,25-,27-,34-/m0/s1. The number of nitrogens with two attached hydrogens (primary N) is 3. The van der Waals surface area contributed by atoms with Gasteiger partial charge in [-0.1, -0.05) is 39.8 Å². The molecule has 6 rings (SSSR count). The average Bonchev–Trinajstić information content (AvgIpc) is 3.57. The van der Waals surface area contributed by atoms with Gasteiger partial charge in [0.25, 0.3) is 11.8 Å². The van der Waals surface area contributed by atoms with E-state index in [4.69, 9.17) is 31.4 Å². The highest BCUT2D eigenvalue weighted by Gasteiger charge is 2.73. The molecule has 11 N–H and O–H groups in total. The molecule has 0 aromatic heterocycles. The number of ether oxygens (including phenoxy) is 3. The Labute approximate surface area is 300 Å². The Morgan fingerprint density at radius 1 is 1.08 bits per heavy atom. The lowest BCUT2D eigenvalue weighted by molar-refractivity contribution is -0.230. The van der Waals surface area contributed by atoms with Gasteiger partial charge in [0, 0.05) is 24.2 Å². The molecule has 280 valence electrons. The Morgan fingerprint density at radius 3 is 2.52 bits per heavy atom. The Bertz CT molecular complexity index is 1780. The Hall–Kier alpha value is -5.13. The number of carbonyl (C=O) groups excluding carboxylic acids is 3. The summed E-state index contributed by atoms with van der Waals surface area (Å²) in [6.07, 6.45) is 0.786. The fraction of sp³-hybridized carbons (Fsp3) is 0.514. The number of carbonyl (C=O) groups is 3. The van der Waals surface area contributed by atoms with Crippen molar-refractivity contribution in [1.82, 2.24) is 20.9 Å². The molecule has 4 aliphatic heterocycles. The number of esters is 1. The molecular formula is C35H47N9O8. The van der Waals surface area contributed by atoms with Crippen LogP contribution in [-0.2, 0) is 14.9 Å². The fourth-order valence-corrected chi connectivity index (χ4v) is 7.11. The normalized spacial score (nSPS) is 25.6. The summed E-state index contributed by atoms with van der Waals surface area (Å²) in [6, 6.07) is 7.78.